The van der Waals surface area contributed by atoms with Gasteiger partial charge in [0.1, 0.15) is 5.82 Å². The number of likely N-dealkylation sites (tertiary alicyclic amines) is 1. The number of halogens is 1. The second-order valence-corrected chi connectivity index (χ2v) is 10.7. The molecule has 7 heteroatoms. The number of methoxy groups -OCH3 is 1. The first-order valence-corrected chi connectivity index (χ1v) is 13.7. The Bertz CT molecular complexity index is 1440. The summed E-state index contributed by atoms with van der Waals surface area (Å²) < 4.78 is 22.0. The molecule has 0 aliphatic carbocycles. The minimum Gasteiger partial charge on any atom is -0.383 e. The Labute approximate surface area is 229 Å². The molecule has 39 heavy (non-hydrogen) atoms. The van der Waals surface area contributed by atoms with Crippen LogP contribution < -0.4 is 5.32 Å². The van der Waals surface area contributed by atoms with Crippen LogP contribution in [0.2, 0.25) is 0 Å². The van der Waals surface area contributed by atoms with Gasteiger partial charge in [0.05, 0.1) is 12.1 Å². The molecule has 1 N–H and O–H groups in total. The van der Waals surface area contributed by atoms with Crippen molar-refractivity contribution < 1.29 is 13.9 Å². The molecule has 6 nitrogen and oxygen atoms in total. The van der Waals surface area contributed by atoms with Gasteiger partial charge in [-0.15, -0.1) is 0 Å². The van der Waals surface area contributed by atoms with Gasteiger partial charge in [0, 0.05) is 49.5 Å². The Morgan fingerprint density at radius 3 is 2.51 bits per heavy atom. The normalized spacial score (nSPS) is 14.7. The van der Waals surface area contributed by atoms with Crippen LogP contribution in [0, 0.1) is 25.6 Å². The summed E-state index contributed by atoms with van der Waals surface area (Å²) in [4.78, 5) is 14.9. The molecule has 0 saturated carbocycles. The molecular weight excluding hydrogens is 491 g/mol. The highest BCUT2D eigenvalue weighted by Gasteiger charge is 2.22. The maximum absolute atomic E-state index is 15.0. The van der Waals surface area contributed by atoms with Gasteiger partial charge in [-0.1, -0.05) is 42.0 Å². The number of nitrogens with one attached hydrogen (secondary N) is 1. The number of amides is 1. The van der Waals surface area contributed by atoms with Gasteiger partial charge in [0.2, 0.25) is 0 Å². The minimum absolute atomic E-state index is 0.0900. The van der Waals surface area contributed by atoms with E-state index in [0.717, 1.165) is 65.6 Å². The number of carbonyl (C=O) groups is 1. The summed E-state index contributed by atoms with van der Waals surface area (Å²) in [6, 6.07) is 17.6. The van der Waals surface area contributed by atoms with Crippen LogP contribution >= 0.6 is 0 Å². The van der Waals surface area contributed by atoms with Gasteiger partial charge in [-0.2, -0.15) is 5.10 Å². The largest absolute Gasteiger partial charge is 0.383 e. The van der Waals surface area contributed by atoms with E-state index in [1.54, 1.807) is 13.2 Å². The number of aryl methyl sites for hydroxylation is 2. The molecule has 1 amide bonds. The maximum Gasteiger partial charge on any atom is 0.251 e. The molecule has 4 aromatic rings. The zero-order chi connectivity index (χ0) is 27.4. The summed E-state index contributed by atoms with van der Waals surface area (Å²) in [6.07, 6.45) is 4.16. The number of aromatic nitrogens is 2. The molecule has 5 rings (SSSR count). The Kier molecular flexibility index (Phi) is 8.38. The molecule has 2 heterocycles. The first kappa shape index (κ1) is 27.0. The lowest BCUT2D eigenvalue weighted by Crippen LogP contribution is -2.34. The van der Waals surface area contributed by atoms with E-state index in [4.69, 9.17) is 9.84 Å². The van der Waals surface area contributed by atoms with Crippen LogP contribution in [0.15, 0.2) is 60.8 Å². The Morgan fingerprint density at radius 2 is 1.79 bits per heavy atom. The van der Waals surface area contributed by atoms with Crippen molar-refractivity contribution in [3.05, 3.63) is 88.9 Å². The first-order chi connectivity index (χ1) is 18.9. The van der Waals surface area contributed by atoms with E-state index in [2.05, 4.69) is 35.5 Å². The van der Waals surface area contributed by atoms with Crippen LogP contribution in [0.3, 0.4) is 0 Å². The van der Waals surface area contributed by atoms with Gasteiger partial charge in [-0.05, 0) is 80.6 Å². The number of fused-ring (bicyclic) bond motifs is 1. The average Bonchev–Trinajstić information content (AvgIpc) is 3.35. The van der Waals surface area contributed by atoms with E-state index < -0.39 is 0 Å². The van der Waals surface area contributed by atoms with Crippen molar-refractivity contribution in [2.45, 2.75) is 39.8 Å². The molecule has 1 aliphatic rings. The fourth-order valence-corrected chi connectivity index (χ4v) is 5.42. The van der Waals surface area contributed by atoms with Gasteiger partial charge in [0.15, 0.2) is 0 Å². The molecule has 1 fully saturated rings. The third-order valence-electron chi connectivity index (χ3n) is 7.83. The van der Waals surface area contributed by atoms with Crippen molar-refractivity contribution in [1.82, 2.24) is 20.0 Å². The van der Waals surface area contributed by atoms with Crippen molar-refractivity contribution in [3.8, 4) is 11.1 Å². The van der Waals surface area contributed by atoms with Gasteiger partial charge in [-0.25, -0.2) is 4.39 Å². The lowest BCUT2D eigenvalue weighted by Gasteiger charge is -2.32. The van der Waals surface area contributed by atoms with E-state index in [1.807, 2.05) is 48.0 Å². The molecule has 0 bridgehead atoms. The fourth-order valence-electron chi connectivity index (χ4n) is 5.42. The SMILES string of the molecule is COCCNC(=O)c1ccc2nn(CC3CCN(Cc4ccc(-c5ccc(C)cc5)cc4F)CC3)cc2c1C. The molecule has 0 atom stereocenters. The number of hydrogen-bond donors (Lipinski definition) is 1. The molecule has 1 saturated heterocycles. The van der Waals surface area contributed by atoms with Crippen molar-refractivity contribution in [2.75, 3.05) is 33.4 Å². The molecule has 0 radical (unpaired) electrons. The third kappa shape index (κ3) is 6.37. The van der Waals surface area contributed by atoms with E-state index in [9.17, 15) is 9.18 Å². The van der Waals surface area contributed by atoms with Crippen molar-refractivity contribution in [3.63, 3.8) is 0 Å². The Hall–Kier alpha value is -3.55. The quantitative estimate of drug-likeness (QED) is 0.281. The van der Waals surface area contributed by atoms with Crippen LogP contribution in [-0.2, 0) is 17.8 Å². The standard InChI is InChI=1S/C32H37FN4O2/c1-22-4-6-25(7-5-22)26-8-9-27(30(33)18-26)20-36-15-12-24(13-16-36)19-37-21-29-23(2)28(10-11-31(29)35-37)32(38)34-14-17-39-3/h4-11,18,21,24H,12-17,19-20H2,1-3H3,(H,34,38). The Balaban J connectivity index is 1.16. The monoisotopic (exact) mass is 528 g/mol. The fraction of sp³-hybridized carbons (Fsp3) is 0.375. The summed E-state index contributed by atoms with van der Waals surface area (Å²) in [5, 5.41) is 8.69. The van der Waals surface area contributed by atoms with Gasteiger partial charge >= 0.3 is 0 Å². The molecule has 0 unspecified atom stereocenters. The summed E-state index contributed by atoms with van der Waals surface area (Å²) in [5.41, 5.74) is 6.42. The topological polar surface area (TPSA) is 59.4 Å². The van der Waals surface area contributed by atoms with Crippen LogP contribution in [0.4, 0.5) is 4.39 Å². The zero-order valence-corrected chi connectivity index (χ0v) is 23.0. The molecular formula is C32H37FN4O2. The van der Waals surface area contributed by atoms with E-state index in [0.29, 0.717) is 31.2 Å². The number of benzene rings is 3. The van der Waals surface area contributed by atoms with E-state index >= 15 is 0 Å². The molecule has 1 aromatic heterocycles. The molecule has 204 valence electrons. The second-order valence-electron chi connectivity index (χ2n) is 10.7. The average molecular weight is 529 g/mol. The summed E-state index contributed by atoms with van der Waals surface area (Å²) in [5.74, 6) is 0.287. The van der Waals surface area contributed by atoms with Gasteiger partial charge in [-0.3, -0.25) is 14.4 Å². The highest BCUT2D eigenvalue weighted by molar-refractivity contribution is 6.00. The predicted molar refractivity (Wildman–Crippen MR) is 153 cm³/mol. The predicted octanol–water partition coefficient (Wildman–Crippen LogP) is 5.75. The molecule has 1 aliphatic heterocycles. The Morgan fingerprint density at radius 1 is 1.05 bits per heavy atom. The number of hydrogen-bond acceptors (Lipinski definition) is 4. The van der Waals surface area contributed by atoms with Gasteiger partial charge < -0.3 is 10.1 Å². The number of carbonyl (C=O) groups excluding carboxylic acids is 1. The smallest absolute Gasteiger partial charge is 0.251 e. The lowest BCUT2D eigenvalue weighted by atomic mass is 9.96. The number of piperidine rings is 1. The lowest BCUT2D eigenvalue weighted by molar-refractivity contribution is 0.0936. The van der Waals surface area contributed by atoms with Gasteiger partial charge in [0.25, 0.3) is 5.91 Å². The molecule has 3 aromatic carbocycles. The third-order valence-corrected chi connectivity index (χ3v) is 7.83. The first-order valence-electron chi connectivity index (χ1n) is 13.7. The van der Waals surface area contributed by atoms with Crippen LogP contribution in [-0.4, -0.2) is 53.9 Å². The van der Waals surface area contributed by atoms with Crippen LogP contribution in [0.25, 0.3) is 22.0 Å². The highest BCUT2D eigenvalue weighted by Crippen LogP contribution is 2.26. The number of ether oxygens (including phenoxy) is 1. The summed E-state index contributed by atoms with van der Waals surface area (Å²) >= 11 is 0. The van der Waals surface area contributed by atoms with Crippen molar-refractivity contribution >= 4 is 16.8 Å². The van der Waals surface area contributed by atoms with Crippen LogP contribution in [0.1, 0.15) is 39.9 Å². The maximum atomic E-state index is 15.0. The highest BCUT2D eigenvalue weighted by atomic mass is 19.1. The number of rotatable bonds is 9. The summed E-state index contributed by atoms with van der Waals surface area (Å²) in [7, 11) is 1.62. The minimum atomic E-state index is -0.138. The molecule has 0 spiro atoms. The zero-order valence-electron chi connectivity index (χ0n) is 23.0. The number of nitrogens with zero attached hydrogens (tertiary/aromatic N) is 3. The van der Waals surface area contributed by atoms with Crippen LogP contribution in [0.5, 0.6) is 0 Å². The van der Waals surface area contributed by atoms with E-state index in [-0.39, 0.29) is 11.7 Å². The van der Waals surface area contributed by atoms with Crippen molar-refractivity contribution in [2.24, 2.45) is 5.92 Å². The van der Waals surface area contributed by atoms with E-state index in [1.165, 1.54) is 5.56 Å². The second kappa shape index (κ2) is 12.1. The summed E-state index contributed by atoms with van der Waals surface area (Å²) in [6.45, 7) is 8.35. The van der Waals surface area contributed by atoms with Crippen molar-refractivity contribution in [1.29, 1.82) is 0 Å².